The summed E-state index contributed by atoms with van der Waals surface area (Å²) in [7, 11) is 1.29. The highest BCUT2D eigenvalue weighted by Gasteiger charge is 2.20. The van der Waals surface area contributed by atoms with Crippen molar-refractivity contribution in [3.8, 4) is 5.75 Å². The maximum atomic E-state index is 13.4. The van der Waals surface area contributed by atoms with E-state index in [-0.39, 0.29) is 18.1 Å². The van der Waals surface area contributed by atoms with Gasteiger partial charge in [-0.1, -0.05) is 0 Å². The van der Waals surface area contributed by atoms with Crippen LogP contribution in [0.1, 0.15) is 25.3 Å². The summed E-state index contributed by atoms with van der Waals surface area (Å²) >= 11 is 0. The van der Waals surface area contributed by atoms with E-state index in [1.807, 2.05) is 0 Å². The highest BCUT2D eigenvalue weighted by atomic mass is 19.1. The molecule has 7 heteroatoms. The Morgan fingerprint density at radius 2 is 2.15 bits per heavy atom. The van der Waals surface area contributed by atoms with Crippen LogP contribution in [-0.2, 0) is 16.0 Å². The predicted molar refractivity (Wildman–Crippen MR) is 69.2 cm³/mol. The molecule has 0 unspecified atom stereocenters. The van der Waals surface area contributed by atoms with E-state index in [4.69, 9.17) is 9.47 Å². The molecule has 0 saturated heterocycles. The van der Waals surface area contributed by atoms with E-state index < -0.39 is 16.4 Å². The van der Waals surface area contributed by atoms with Crippen LogP contribution in [0.2, 0.25) is 0 Å². The number of hydrogen-bond acceptors (Lipinski definition) is 5. The van der Waals surface area contributed by atoms with E-state index in [9.17, 15) is 19.3 Å². The van der Waals surface area contributed by atoms with Gasteiger partial charge in [0.05, 0.1) is 24.7 Å². The first-order valence-corrected chi connectivity index (χ1v) is 6.16. The lowest BCUT2D eigenvalue weighted by Gasteiger charge is -2.09. The minimum absolute atomic E-state index is 0.0280. The van der Waals surface area contributed by atoms with Gasteiger partial charge in [0.25, 0.3) is 0 Å². The molecule has 0 aliphatic heterocycles. The van der Waals surface area contributed by atoms with Crippen LogP contribution in [-0.4, -0.2) is 24.6 Å². The highest BCUT2D eigenvalue weighted by molar-refractivity contribution is 5.69. The number of ether oxygens (including phenoxy) is 2. The lowest BCUT2D eigenvalue weighted by Crippen LogP contribution is -2.05. The van der Waals surface area contributed by atoms with Gasteiger partial charge >= 0.3 is 11.7 Å². The van der Waals surface area contributed by atoms with Gasteiger partial charge in [0.1, 0.15) is 5.82 Å². The maximum absolute atomic E-state index is 13.4. The number of carbonyl (C=O) groups excluding carboxylic acids is 1. The van der Waals surface area contributed by atoms with Crippen molar-refractivity contribution < 1.29 is 23.6 Å². The molecule has 0 N–H and O–H groups in total. The number of carbonyl (C=O) groups is 1. The van der Waals surface area contributed by atoms with Gasteiger partial charge in [0, 0.05) is 12.0 Å². The van der Waals surface area contributed by atoms with E-state index in [0.29, 0.717) is 25.0 Å². The van der Waals surface area contributed by atoms with Gasteiger partial charge < -0.3 is 9.47 Å². The number of halogens is 1. The van der Waals surface area contributed by atoms with Crippen molar-refractivity contribution in [2.75, 3.05) is 13.7 Å². The third kappa shape index (κ3) is 4.18. The lowest BCUT2D eigenvalue weighted by molar-refractivity contribution is -0.386. The van der Waals surface area contributed by atoms with Crippen LogP contribution >= 0.6 is 0 Å². The summed E-state index contributed by atoms with van der Waals surface area (Å²) in [6.07, 6.45) is 0.859. The van der Waals surface area contributed by atoms with Crippen molar-refractivity contribution in [2.45, 2.75) is 26.2 Å². The minimum atomic E-state index is -0.705. The molecule has 0 bridgehead atoms. The van der Waals surface area contributed by atoms with Crippen LogP contribution in [0.25, 0.3) is 0 Å². The molecule has 0 radical (unpaired) electrons. The van der Waals surface area contributed by atoms with E-state index in [0.717, 1.165) is 6.07 Å². The molecule has 1 aromatic carbocycles. The van der Waals surface area contributed by atoms with Crippen LogP contribution in [0, 0.1) is 15.9 Å². The predicted octanol–water partition coefficient (Wildman–Crippen LogP) is 2.63. The van der Waals surface area contributed by atoms with Crippen LogP contribution in [0.15, 0.2) is 12.1 Å². The Bertz CT molecular complexity index is 504. The van der Waals surface area contributed by atoms with Crippen LogP contribution in [0.4, 0.5) is 10.1 Å². The third-order valence-electron chi connectivity index (χ3n) is 2.64. The molecule has 20 heavy (non-hydrogen) atoms. The van der Waals surface area contributed by atoms with E-state index in [1.54, 1.807) is 6.92 Å². The van der Waals surface area contributed by atoms with Crippen LogP contribution < -0.4 is 4.74 Å². The minimum Gasteiger partial charge on any atom is -0.490 e. The van der Waals surface area contributed by atoms with Gasteiger partial charge in [-0.25, -0.2) is 4.39 Å². The molecule has 1 rings (SSSR count). The number of rotatable bonds is 7. The second-order valence-electron chi connectivity index (χ2n) is 4.03. The summed E-state index contributed by atoms with van der Waals surface area (Å²) in [5.41, 5.74) is -0.0536. The Hall–Kier alpha value is -2.18. The number of aryl methyl sites for hydroxylation is 1. The van der Waals surface area contributed by atoms with Gasteiger partial charge in [0.2, 0.25) is 0 Å². The first-order chi connectivity index (χ1) is 9.49. The van der Waals surface area contributed by atoms with Crippen LogP contribution in [0.3, 0.4) is 0 Å². The molecule has 0 saturated carbocycles. The zero-order chi connectivity index (χ0) is 15.1. The average molecular weight is 285 g/mol. The monoisotopic (exact) mass is 285 g/mol. The first-order valence-electron chi connectivity index (χ1n) is 6.16. The Balaban J connectivity index is 2.83. The molecule has 0 spiro atoms. The summed E-state index contributed by atoms with van der Waals surface area (Å²) in [6, 6.07) is 1.99. The Labute approximate surface area is 115 Å². The smallest absolute Gasteiger partial charge is 0.314 e. The quantitative estimate of drug-likeness (QED) is 0.437. The zero-order valence-electron chi connectivity index (χ0n) is 11.3. The normalized spacial score (nSPS) is 10.2. The molecular weight excluding hydrogens is 269 g/mol. The molecule has 0 aliphatic rings. The molecule has 0 aliphatic carbocycles. The van der Waals surface area contributed by atoms with Crippen LogP contribution in [0.5, 0.6) is 5.75 Å². The second kappa shape index (κ2) is 7.42. The van der Waals surface area contributed by atoms with Gasteiger partial charge in [0.15, 0.2) is 5.75 Å². The fourth-order valence-corrected chi connectivity index (χ4v) is 1.85. The summed E-state index contributed by atoms with van der Waals surface area (Å²) < 4.78 is 23.1. The molecule has 6 nitrogen and oxygen atoms in total. The van der Waals surface area contributed by atoms with Crippen molar-refractivity contribution in [3.63, 3.8) is 0 Å². The molecule has 0 heterocycles. The summed E-state index contributed by atoms with van der Waals surface area (Å²) in [5.74, 6) is -1.03. The number of nitrogens with zero attached hydrogens (tertiary/aromatic N) is 1. The average Bonchev–Trinajstić information content (AvgIpc) is 2.38. The zero-order valence-corrected chi connectivity index (χ0v) is 11.3. The van der Waals surface area contributed by atoms with E-state index in [2.05, 4.69) is 0 Å². The SMILES string of the molecule is CCOC(=O)CCCc1cc(F)cc([N+](=O)[O-])c1OC. The number of nitro groups is 1. The van der Waals surface area contributed by atoms with Crippen molar-refractivity contribution >= 4 is 11.7 Å². The van der Waals surface area contributed by atoms with Crippen molar-refractivity contribution in [1.82, 2.24) is 0 Å². The molecule has 0 fully saturated rings. The molecule has 110 valence electrons. The highest BCUT2D eigenvalue weighted by Crippen LogP contribution is 2.32. The largest absolute Gasteiger partial charge is 0.490 e. The van der Waals surface area contributed by atoms with E-state index >= 15 is 0 Å². The van der Waals surface area contributed by atoms with Crippen molar-refractivity contribution in [3.05, 3.63) is 33.6 Å². The summed E-state index contributed by atoms with van der Waals surface area (Å²) in [5, 5.41) is 10.8. The number of methoxy groups -OCH3 is 1. The fourth-order valence-electron chi connectivity index (χ4n) is 1.85. The molecule has 1 aromatic rings. The third-order valence-corrected chi connectivity index (χ3v) is 2.64. The summed E-state index contributed by atoms with van der Waals surface area (Å²) in [6.45, 7) is 2.00. The maximum Gasteiger partial charge on any atom is 0.314 e. The lowest BCUT2D eigenvalue weighted by atomic mass is 10.1. The first kappa shape index (κ1) is 15.9. The molecular formula is C13H16FNO5. The van der Waals surface area contributed by atoms with Crippen molar-refractivity contribution in [1.29, 1.82) is 0 Å². The van der Waals surface area contributed by atoms with Gasteiger partial charge in [-0.2, -0.15) is 0 Å². The molecule has 0 atom stereocenters. The number of hydrogen-bond donors (Lipinski definition) is 0. The number of benzene rings is 1. The van der Waals surface area contributed by atoms with Crippen molar-refractivity contribution in [2.24, 2.45) is 0 Å². The van der Waals surface area contributed by atoms with Gasteiger partial charge in [-0.15, -0.1) is 0 Å². The van der Waals surface area contributed by atoms with E-state index in [1.165, 1.54) is 13.2 Å². The Morgan fingerprint density at radius 1 is 1.45 bits per heavy atom. The van der Waals surface area contributed by atoms with Gasteiger partial charge in [-0.05, 0) is 25.8 Å². The second-order valence-corrected chi connectivity index (χ2v) is 4.03. The number of esters is 1. The standard InChI is InChI=1S/C13H16FNO5/c1-3-20-12(16)6-4-5-9-7-10(14)8-11(15(17)18)13(9)19-2/h7-8H,3-6H2,1-2H3. The number of nitro benzene ring substituents is 1. The van der Waals surface area contributed by atoms with Gasteiger partial charge in [-0.3, -0.25) is 14.9 Å². The fraction of sp³-hybridized carbons (Fsp3) is 0.462. The Morgan fingerprint density at radius 3 is 2.70 bits per heavy atom. The molecule has 0 amide bonds. The Kier molecular flexibility index (Phi) is 5.89. The topological polar surface area (TPSA) is 78.7 Å². The molecule has 0 aromatic heterocycles. The summed E-state index contributed by atoms with van der Waals surface area (Å²) in [4.78, 5) is 21.3.